The Kier molecular flexibility index (Phi) is 4.50. The smallest absolute Gasteiger partial charge is 0.252 e. The van der Waals surface area contributed by atoms with Gasteiger partial charge in [-0.1, -0.05) is 11.6 Å². The third kappa shape index (κ3) is 3.28. The molecule has 106 valence electrons. The van der Waals surface area contributed by atoms with Crippen LogP contribution in [0.3, 0.4) is 0 Å². The molecule has 0 radical (unpaired) electrons. The number of carbonyl (C=O) groups excluding carboxylic acids is 1. The third-order valence-electron chi connectivity index (χ3n) is 3.03. The molecule has 1 aliphatic heterocycles. The summed E-state index contributed by atoms with van der Waals surface area (Å²) in [5.41, 5.74) is 0. The first-order valence-corrected chi connectivity index (χ1v) is 8.54. The van der Waals surface area contributed by atoms with Crippen LogP contribution in [0, 0.1) is 0 Å². The van der Waals surface area contributed by atoms with Gasteiger partial charge in [0.05, 0.1) is 10.9 Å². The summed E-state index contributed by atoms with van der Waals surface area (Å²) in [5.74, 6) is -0.147. The molecular formula is C11H15ClN2O3S2. The maximum Gasteiger partial charge on any atom is 0.252 e. The fourth-order valence-electron chi connectivity index (χ4n) is 1.93. The summed E-state index contributed by atoms with van der Waals surface area (Å²) >= 11 is 6.73. The van der Waals surface area contributed by atoms with Gasteiger partial charge in [-0.05, 0) is 25.0 Å². The zero-order valence-corrected chi connectivity index (χ0v) is 12.9. The van der Waals surface area contributed by atoms with E-state index in [1.54, 1.807) is 4.90 Å². The van der Waals surface area contributed by atoms with Crippen molar-refractivity contribution in [1.29, 1.82) is 0 Å². The Labute approximate surface area is 121 Å². The lowest BCUT2D eigenvalue weighted by molar-refractivity contribution is -0.130. The van der Waals surface area contributed by atoms with Gasteiger partial charge in [0.2, 0.25) is 5.91 Å². The second kappa shape index (κ2) is 5.78. The number of hydrogen-bond donors (Lipinski definition) is 0. The van der Waals surface area contributed by atoms with Crippen molar-refractivity contribution in [3.8, 4) is 0 Å². The van der Waals surface area contributed by atoms with Crippen LogP contribution >= 0.6 is 22.9 Å². The first-order chi connectivity index (χ1) is 8.91. The summed E-state index contributed by atoms with van der Waals surface area (Å²) in [4.78, 5) is 13.6. The van der Waals surface area contributed by atoms with E-state index in [-0.39, 0.29) is 16.7 Å². The molecule has 0 aromatic carbocycles. The minimum Gasteiger partial charge on any atom is -0.342 e. The number of amides is 1. The van der Waals surface area contributed by atoms with Gasteiger partial charge in [0.1, 0.15) is 4.21 Å². The van der Waals surface area contributed by atoms with E-state index in [0.717, 1.165) is 41.6 Å². The quantitative estimate of drug-likeness (QED) is 0.847. The molecule has 0 spiro atoms. The first-order valence-electron chi connectivity index (χ1n) is 5.91. The molecule has 8 heteroatoms. The van der Waals surface area contributed by atoms with E-state index < -0.39 is 10.0 Å². The second-order valence-corrected chi connectivity index (χ2v) is 8.39. The molecule has 1 aromatic heterocycles. The molecule has 2 heterocycles. The highest BCUT2D eigenvalue weighted by Gasteiger charge is 2.27. The molecular weight excluding hydrogens is 308 g/mol. The number of hydrogen-bond acceptors (Lipinski definition) is 4. The number of likely N-dealkylation sites (N-methyl/N-ethyl adjacent to an activating group) is 1. The Hall–Kier alpha value is -0.630. The zero-order chi connectivity index (χ0) is 14.0. The third-order valence-corrected chi connectivity index (χ3v) is 6.53. The molecule has 1 amide bonds. The van der Waals surface area contributed by atoms with Crippen LogP contribution in [0.4, 0.5) is 0 Å². The summed E-state index contributed by atoms with van der Waals surface area (Å²) in [6.07, 6.45) is 1.98. The van der Waals surface area contributed by atoms with Crippen LogP contribution in [0.1, 0.15) is 12.8 Å². The molecule has 1 fully saturated rings. The van der Waals surface area contributed by atoms with E-state index in [1.165, 1.54) is 19.2 Å². The van der Waals surface area contributed by atoms with Crippen molar-refractivity contribution in [2.75, 3.05) is 26.7 Å². The van der Waals surface area contributed by atoms with E-state index in [2.05, 4.69) is 0 Å². The van der Waals surface area contributed by atoms with Crippen molar-refractivity contribution in [2.24, 2.45) is 0 Å². The van der Waals surface area contributed by atoms with E-state index in [9.17, 15) is 13.2 Å². The number of thiophene rings is 1. The fraction of sp³-hybridized carbons (Fsp3) is 0.545. The predicted octanol–water partition coefficient (Wildman–Crippen LogP) is 1.64. The number of likely N-dealkylation sites (tertiary alicyclic amines) is 1. The van der Waals surface area contributed by atoms with Crippen molar-refractivity contribution in [3.63, 3.8) is 0 Å². The molecule has 0 atom stereocenters. The van der Waals surface area contributed by atoms with Gasteiger partial charge in [-0.25, -0.2) is 8.42 Å². The number of rotatable bonds is 4. The topological polar surface area (TPSA) is 57.7 Å². The van der Waals surface area contributed by atoms with Gasteiger partial charge in [0.15, 0.2) is 0 Å². The molecule has 1 saturated heterocycles. The molecule has 0 aliphatic carbocycles. The van der Waals surface area contributed by atoms with Gasteiger partial charge < -0.3 is 4.90 Å². The molecule has 19 heavy (non-hydrogen) atoms. The summed E-state index contributed by atoms with van der Waals surface area (Å²) in [7, 11) is -2.21. The number of sulfonamides is 1. The molecule has 0 bridgehead atoms. The highest BCUT2D eigenvalue weighted by molar-refractivity contribution is 7.91. The van der Waals surface area contributed by atoms with Gasteiger partial charge in [0.25, 0.3) is 10.0 Å². The van der Waals surface area contributed by atoms with Crippen molar-refractivity contribution in [1.82, 2.24) is 9.21 Å². The lowest BCUT2D eigenvalue weighted by Gasteiger charge is -2.20. The van der Waals surface area contributed by atoms with Crippen LogP contribution in [0.2, 0.25) is 4.34 Å². The zero-order valence-electron chi connectivity index (χ0n) is 10.5. The Bertz CT molecular complexity index is 564. The lowest BCUT2D eigenvalue weighted by Crippen LogP contribution is -2.39. The van der Waals surface area contributed by atoms with Gasteiger partial charge in [0, 0.05) is 20.1 Å². The van der Waals surface area contributed by atoms with Gasteiger partial charge >= 0.3 is 0 Å². The van der Waals surface area contributed by atoms with E-state index in [1.807, 2.05) is 0 Å². The molecule has 1 aliphatic rings. The fourth-order valence-corrected chi connectivity index (χ4v) is 4.75. The number of halogens is 1. The Morgan fingerprint density at radius 2 is 2.05 bits per heavy atom. The Morgan fingerprint density at radius 3 is 2.58 bits per heavy atom. The highest BCUT2D eigenvalue weighted by Crippen LogP contribution is 2.27. The summed E-state index contributed by atoms with van der Waals surface area (Å²) < 4.78 is 26.1. The minimum absolute atomic E-state index is 0.127. The summed E-state index contributed by atoms with van der Waals surface area (Å²) in [5, 5.41) is 0. The second-order valence-electron chi connectivity index (χ2n) is 4.41. The highest BCUT2D eigenvalue weighted by atomic mass is 35.5. The van der Waals surface area contributed by atoms with Crippen LogP contribution in [-0.2, 0) is 14.8 Å². The Morgan fingerprint density at radius 1 is 1.42 bits per heavy atom. The molecule has 2 rings (SSSR count). The van der Waals surface area contributed by atoms with Crippen molar-refractivity contribution < 1.29 is 13.2 Å². The standard InChI is InChI=1S/C11H15ClN2O3S2/c1-13(8-10(15)14-6-2-3-7-14)19(16,17)11-5-4-9(12)18-11/h4-5H,2-3,6-8H2,1H3. The van der Waals surface area contributed by atoms with E-state index in [4.69, 9.17) is 11.6 Å². The lowest BCUT2D eigenvalue weighted by atomic mass is 10.4. The van der Waals surface area contributed by atoms with Gasteiger partial charge in [-0.3, -0.25) is 4.79 Å². The van der Waals surface area contributed by atoms with Crippen LogP contribution in [0.25, 0.3) is 0 Å². The first kappa shape index (κ1) is 14.8. The van der Waals surface area contributed by atoms with Crippen LogP contribution in [0.15, 0.2) is 16.3 Å². The van der Waals surface area contributed by atoms with Gasteiger partial charge in [-0.15, -0.1) is 11.3 Å². The number of carbonyl (C=O) groups is 1. The average Bonchev–Trinajstić information content (AvgIpc) is 2.99. The van der Waals surface area contributed by atoms with Gasteiger partial charge in [-0.2, -0.15) is 4.31 Å². The maximum absolute atomic E-state index is 12.2. The monoisotopic (exact) mass is 322 g/mol. The predicted molar refractivity (Wildman–Crippen MR) is 75.0 cm³/mol. The van der Waals surface area contributed by atoms with Crippen LogP contribution in [0.5, 0.6) is 0 Å². The largest absolute Gasteiger partial charge is 0.342 e. The Balaban J connectivity index is 2.06. The molecule has 0 N–H and O–H groups in total. The SMILES string of the molecule is CN(CC(=O)N1CCCC1)S(=O)(=O)c1ccc(Cl)s1. The van der Waals surface area contributed by atoms with Crippen molar-refractivity contribution >= 4 is 38.9 Å². The van der Waals surface area contributed by atoms with E-state index in [0.29, 0.717) is 4.34 Å². The molecule has 0 saturated carbocycles. The normalized spacial score (nSPS) is 16.3. The maximum atomic E-state index is 12.2. The average molecular weight is 323 g/mol. The van der Waals surface area contributed by atoms with Crippen LogP contribution in [-0.4, -0.2) is 50.2 Å². The molecule has 0 unspecified atom stereocenters. The van der Waals surface area contributed by atoms with Crippen molar-refractivity contribution in [2.45, 2.75) is 17.1 Å². The van der Waals surface area contributed by atoms with Crippen LogP contribution < -0.4 is 0 Å². The molecule has 1 aromatic rings. The minimum atomic E-state index is -3.62. The van der Waals surface area contributed by atoms with Crippen molar-refractivity contribution in [3.05, 3.63) is 16.5 Å². The summed E-state index contributed by atoms with van der Waals surface area (Å²) in [6, 6.07) is 2.99. The summed E-state index contributed by atoms with van der Waals surface area (Å²) in [6.45, 7) is 1.31. The molecule has 5 nitrogen and oxygen atoms in total. The van der Waals surface area contributed by atoms with E-state index >= 15 is 0 Å². The number of nitrogens with zero attached hydrogens (tertiary/aromatic N) is 2.